The van der Waals surface area contributed by atoms with E-state index in [1.165, 1.54) is 14.0 Å². The van der Waals surface area contributed by atoms with Gasteiger partial charge in [0.15, 0.2) is 0 Å². The maximum absolute atomic E-state index is 14.7. The first-order valence-electron chi connectivity index (χ1n) is 17.4. The largest absolute Gasteiger partial charge is 0.459 e. The molecule has 0 aliphatic rings. The molecule has 12 heteroatoms. The molecular weight excluding hydrogens is 666 g/mol. The normalized spacial score (nSPS) is 13.5. The van der Waals surface area contributed by atoms with E-state index >= 15 is 0 Å². The molecule has 52 heavy (non-hydrogen) atoms. The average Bonchev–Trinajstić information content (AvgIpc) is 3.10. The summed E-state index contributed by atoms with van der Waals surface area (Å²) in [7, 11) is 1.52. The molecule has 0 heterocycles. The molecule has 0 aliphatic heterocycles. The summed E-state index contributed by atoms with van der Waals surface area (Å²) in [6.07, 6.45) is -2.06. The summed E-state index contributed by atoms with van der Waals surface area (Å²) < 4.78 is 16.0. The Morgan fingerprint density at radius 3 is 1.87 bits per heavy atom. The Hall–Kier alpha value is -5.07. The van der Waals surface area contributed by atoms with E-state index in [4.69, 9.17) is 14.2 Å². The molecule has 3 aromatic rings. The van der Waals surface area contributed by atoms with E-state index in [1.807, 2.05) is 18.2 Å². The van der Waals surface area contributed by atoms with Crippen LogP contribution >= 0.6 is 0 Å². The number of esters is 1. The van der Waals surface area contributed by atoms with Crippen molar-refractivity contribution in [1.82, 2.24) is 15.5 Å². The van der Waals surface area contributed by atoms with Crippen molar-refractivity contribution in [2.24, 2.45) is 0 Å². The lowest BCUT2D eigenvalue weighted by Crippen LogP contribution is -2.60. The molecule has 0 aromatic heterocycles. The first-order valence-corrected chi connectivity index (χ1v) is 17.4. The van der Waals surface area contributed by atoms with Crippen LogP contribution in [0.1, 0.15) is 63.6 Å². The molecule has 0 bridgehead atoms. The molecule has 3 rings (SSSR count). The van der Waals surface area contributed by atoms with Crippen LogP contribution in [0.5, 0.6) is 0 Å². The van der Waals surface area contributed by atoms with Gasteiger partial charge in [0.2, 0.25) is 11.8 Å². The lowest BCUT2D eigenvalue weighted by atomic mass is 9.99. The van der Waals surface area contributed by atoms with Crippen molar-refractivity contribution in [3.63, 3.8) is 0 Å². The highest BCUT2D eigenvalue weighted by Crippen LogP contribution is 2.18. The van der Waals surface area contributed by atoms with E-state index in [9.17, 15) is 29.1 Å². The lowest BCUT2D eigenvalue weighted by Gasteiger charge is -2.34. The van der Waals surface area contributed by atoms with E-state index in [1.54, 1.807) is 93.6 Å². The van der Waals surface area contributed by atoms with Gasteiger partial charge >= 0.3 is 12.1 Å². The van der Waals surface area contributed by atoms with Gasteiger partial charge in [-0.2, -0.15) is 0 Å². The van der Waals surface area contributed by atoms with Crippen molar-refractivity contribution in [3.05, 3.63) is 108 Å². The third-order valence-electron chi connectivity index (χ3n) is 7.90. The summed E-state index contributed by atoms with van der Waals surface area (Å²) in [6.45, 7) is 6.80. The van der Waals surface area contributed by atoms with Gasteiger partial charge in [-0.3, -0.25) is 19.3 Å². The van der Waals surface area contributed by atoms with Crippen LogP contribution in [0, 0.1) is 0 Å². The molecule has 12 nitrogen and oxygen atoms in total. The Bertz CT molecular complexity index is 1580. The molecular formula is C40H51N3O9. The molecule has 0 saturated carbocycles. The quantitative estimate of drug-likeness (QED) is 0.127. The topological polar surface area (TPSA) is 161 Å². The number of methoxy groups -OCH3 is 1. The highest BCUT2D eigenvalue weighted by atomic mass is 16.6. The number of imide groups is 1. The molecule has 0 fully saturated rings. The van der Waals surface area contributed by atoms with Gasteiger partial charge in [-0.05, 0) is 57.2 Å². The molecule has 0 radical (unpaired) electrons. The maximum atomic E-state index is 14.7. The van der Waals surface area contributed by atoms with E-state index in [0.29, 0.717) is 24.2 Å². The number of benzene rings is 3. The number of hydrogen-bond donors (Lipinski definition) is 3. The number of hydrogen-bond acceptors (Lipinski definition) is 9. The first-order chi connectivity index (χ1) is 24.8. The van der Waals surface area contributed by atoms with E-state index in [0.717, 1.165) is 10.5 Å². The van der Waals surface area contributed by atoms with Gasteiger partial charge in [0, 0.05) is 26.6 Å². The number of carbonyl (C=O) groups excluding carboxylic acids is 5. The number of carbonyl (C=O) groups is 5. The fourth-order valence-electron chi connectivity index (χ4n) is 5.34. The smallest absolute Gasteiger partial charge is 0.408 e. The van der Waals surface area contributed by atoms with Crippen LogP contribution in [-0.2, 0) is 52.8 Å². The summed E-state index contributed by atoms with van der Waals surface area (Å²) in [5, 5.41) is 16.1. The van der Waals surface area contributed by atoms with Crippen molar-refractivity contribution >= 4 is 29.8 Å². The second-order valence-corrected chi connectivity index (χ2v) is 13.5. The van der Waals surface area contributed by atoms with Crippen molar-refractivity contribution in [2.75, 3.05) is 13.7 Å². The molecule has 0 saturated heterocycles. The van der Waals surface area contributed by atoms with Crippen molar-refractivity contribution < 1.29 is 43.3 Å². The highest BCUT2D eigenvalue weighted by Gasteiger charge is 2.40. The number of nitrogens with one attached hydrogen (secondary N) is 2. The third kappa shape index (κ3) is 14.3. The Balaban J connectivity index is 2.02. The fraction of sp³-hybridized carbons (Fsp3) is 0.425. The number of aliphatic hydroxyl groups excluding tert-OH is 1. The standard InChI is InChI=1S/C40H51N3O9/c1-28(38(48)51-27-31-20-13-8-14-21-31)41-36(46)34(25-30-18-11-7-12-19-30)43(35(45)26-32(44)22-15-23-50-5)37(47)33(24-29-16-9-6-10-17-29)42-39(49)52-40(2,3)4/h6-14,16-21,28,32-34,44H,15,22-27H2,1-5H3,(H,41,46)(H,42,49)/t28-,32-,33-,34-/m1/s1. The minimum Gasteiger partial charge on any atom is -0.459 e. The molecule has 0 unspecified atom stereocenters. The summed E-state index contributed by atoms with van der Waals surface area (Å²) in [4.78, 5) is 70.0. The van der Waals surface area contributed by atoms with Crippen LogP contribution in [0.4, 0.5) is 4.79 Å². The second kappa shape index (κ2) is 20.7. The van der Waals surface area contributed by atoms with Crippen LogP contribution in [0.3, 0.4) is 0 Å². The minimum absolute atomic E-state index is 0.0190. The summed E-state index contributed by atoms with van der Waals surface area (Å²) in [5.41, 5.74) is 1.15. The van der Waals surface area contributed by atoms with Crippen molar-refractivity contribution in [2.45, 2.75) is 96.2 Å². The Morgan fingerprint density at radius 1 is 0.788 bits per heavy atom. The molecule has 0 aliphatic carbocycles. The van der Waals surface area contributed by atoms with Gasteiger partial charge in [0.1, 0.15) is 30.3 Å². The number of aliphatic hydroxyl groups is 1. The molecule has 3 N–H and O–H groups in total. The Labute approximate surface area is 305 Å². The van der Waals surface area contributed by atoms with Gasteiger partial charge in [-0.1, -0.05) is 91.0 Å². The van der Waals surface area contributed by atoms with E-state index in [-0.39, 0.29) is 25.9 Å². The van der Waals surface area contributed by atoms with Crippen LogP contribution in [-0.4, -0.2) is 83.3 Å². The minimum atomic E-state index is -1.49. The number of rotatable bonds is 18. The van der Waals surface area contributed by atoms with Gasteiger partial charge in [0.25, 0.3) is 5.91 Å². The van der Waals surface area contributed by atoms with Gasteiger partial charge in [-0.15, -0.1) is 0 Å². The Morgan fingerprint density at radius 2 is 1.33 bits per heavy atom. The summed E-state index contributed by atoms with van der Waals surface area (Å²) in [6, 6.07) is 22.7. The first kappa shape index (κ1) is 41.4. The van der Waals surface area contributed by atoms with Gasteiger partial charge < -0.3 is 30.0 Å². The van der Waals surface area contributed by atoms with E-state index in [2.05, 4.69) is 10.6 Å². The third-order valence-corrected chi connectivity index (χ3v) is 7.90. The number of nitrogens with zero attached hydrogens (tertiary/aromatic N) is 1. The summed E-state index contributed by atoms with van der Waals surface area (Å²) in [5.74, 6) is -3.25. The zero-order valence-electron chi connectivity index (χ0n) is 30.6. The second-order valence-electron chi connectivity index (χ2n) is 13.5. The molecule has 3 aromatic carbocycles. The summed E-state index contributed by atoms with van der Waals surface area (Å²) >= 11 is 0. The molecule has 4 atom stereocenters. The molecule has 0 spiro atoms. The highest BCUT2D eigenvalue weighted by molar-refractivity contribution is 6.04. The zero-order chi connectivity index (χ0) is 38.1. The monoisotopic (exact) mass is 717 g/mol. The van der Waals surface area contributed by atoms with Crippen LogP contribution in [0.15, 0.2) is 91.0 Å². The number of amides is 4. The van der Waals surface area contributed by atoms with Crippen LogP contribution in [0.25, 0.3) is 0 Å². The lowest BCUT2D eigenvalue weighted by molar-refractivity contribution is -0.155. The Kier molecular flexibility index (Phi) is 16.5. The number of alkyl carbamates (subject to hydrolysis) is 1. The van der Waals surface area contributed by atoms with Crippen molar-refractivity contribution in [3.8, 4) is 0 Å². The van der Waals surface area contributed by atoms with Crippen LogP contribution < -0.4 is 10.6 Å². The predicted octanol–water partition coefficient (Wildman–Crippen LogP) is 4.51. The number of ether oxygens (including phenoxy) is 3. The van der Waals surface area contributed by atoms with Gasteiger partial charge in [-0.25, -0.2) is 9.59 Å². The molecule has 4 amide bonds. The maximum Gasteiger partial charge on any atom is 0.408 e. The average molecular weight is 718 g/mol. The SMILES string of the molecule is COCCC[C@@H](O)CC(=O)N(C(=O)[C@@H](Cc1ccccc1)NC(=O)OC(C)(C)C)[C@H](Cc1ccccc1)C(=O)N[C@H](C)C(=O)OCc1ccccc1. The zero-order valence-corrected chi connectivity index (χ0v) is 30.6. The van der Waals surface area contributed by atoms with Crippen molar-refractivity contribution in [1.29, 1.82) is 0 Å². The fourth-order valence-corrected chi connectivity index (χ4v) is 5.34. The van der Waals surface area contributed by atoms with E-state index < -0.39 is 66.0 Å². The molecule has 280 valence electrons. The van der Waals surface area contributed by atoms with Crippen LogP contribution in [0.2, 0.25) is 0 Å². The van der Waals surface area contributed by atoms with Gasteiger partial charge in [0.05, 0.1) is 12.5 Å². The predicted molar refractivity (Wildman–Crippen MR) is 195 cm³/mol.